The number of rotatable bonds is 7. The molecule has 0 aromatic carbocycles. The SMILES string of the molecule is O=C(CC1CCNCC1)NCCCOC1CCCCC1. The van der Waals surface area contributed by atoms with Crippen LogP contribution in [-0.4, -0.2) is 38.3 Å². The highest BCUT2D eigenvalue weighted by molar-refractivity contribution is 5.76. The summed E-state index contributed by atoms with van der Waals surface area (Å²) >= 11 is 0. The molecule has 0 aromatic heterocycles. The number of ether oxygens (including phenoxy) is 1. The normalized spacial score (nSPS) is 21.8. The summed E-state index contributed by atoms with van der Waals surface area (Å²) in [6, 6.07) is 0. The number of hydrogen-bond donors (Lipinski definition) is 2. The van der Waals surface area contributed by atoms with E-state index in [1.165, 1.54) is 32.1 Å². The fourth-order valence-electron chi connectivity index (χ4n) is 3.20. The minimum atomic E-state index is 0.217. The predicted molar refractivity (Wildman–Crippen MR) is 80.7 cm³/mol. The van der Waals surface area contributed by atoms with Crippen molar-refractivity contribution >= 4 is 5.91 Å². The van der Waals surface area contributed by atoms with Crippen LogP contribution in [0.4, 0.5) is 0 Å². The lowest BCUT2D eigenvalue weighted by molar-refractivity contribution is -0.122. The van der Waals surface area contributed by atoms with Gasteiger partial charge in [-0.1, -0.05) is 19.3 Å². The maximum atomic E-state index is 11.8. The Kier molecular flexibility index (Phi) is 7.37. The highest BCUT2D eigenvalue weighted by Crippen LogP contribution is 2.20. The molecule has 0 aromatic rings. The van der Waals surface area contributed by atoms with Crippen LogP contribution in [0.1, 0.15) is 57.8 Å². The molecule has 1 aliphatic carbocycles. The van der Waals surface area contributed by atoms with Crippen LogP contribution in [0, 0.1) is 5.92 Å². The number of piperidine rings is 1. The highest BCUT2D eigenvalue weighted by atomic mass is 16.5. The second-order valence-corrected chi connectivity index (χ2v) is 6.23. The standard InChI is InChI=1S/C16H30N2O2/c19-16(13-14-7-10-17-11-8-14)18-9-4-12-20-15-5-2-1-3-6-15/h14-15,17H,1-13H2,(H,18,19). The van der Waals surface area contributed by atoms with E-state index in [2.05, 4.69) is 10.6 Å². The van der Waals surface area contributed by atoms with E-state index in [9.17, 15) is 4.79 Å². The third-order valence-electron chi connectivity index (χ3n) is 4.48. The molecule has 0 radical (unpaired) electrons. The van der Waals surface area contributed by atoms with Crippen LogP contribution >= 0.6 is 0 Å². The molecule has 1 heterocycles. The Hall–Kier alpha value is -0.610. The molecule has 1 amide bonds. The van der Waals surface area contributed by atoms with Crippen molar-refractivity contribution < 1.29 is 9.53 Å². The van der Waals surface area contributed by atoms with E-state index in [0.717, 1.165) is 45.5 Å². The van der Waals surface area contributed by atoms with Gasteiger partial charge in [-0.05, 0) is 51.1 Å². The second-order valence-electron chi connectivity index (χ2n) is 6.23. The number of carbonyl (C=O) groups excluding carboxylic acids is 1. The summed E-state index contributed by atoms with van der Waals surface area (Å²) in [5.41, 5.74) is 0. The monoisotopic (exact) mass is 282 g/mol. The smallest absolute Gasteiger partial charge is 0.220 e. The zero-order valence-electron chi connectivity index (χ0n) is 12.7. The van der Waals surface area contributed by atoms with Crippen molar-refractivity contribution in [2.45, 2.75) is 63.9 Å². The Morgan fingerprint density at radius 1 is 1.10 bits per heavy atom. The molecule has 0 bridgehead atoms. The topological polar surface area (TPSA) is 50.4 Å². The number of hydrogen-bond acceptors (Lipinski definition) is 3. The lowest BCUT2D eigenvalue weighted by Gasteiger charge is -2.22. The number of carbonyl (C=O) groups is 1. The Morgan fingerprint density at radius 2 is 1.85 bits per heavy atom. The fourth-order valence-corrected chi connectivity index (χ4v) is 3.20. The minimum absolute atomic E-state index is 0.217. The van der Waals surface area contributed by atoms with Crippen LogP contribution < -0.4 is 10.6 Å². The van der Waals surface area contributed by atoms with Gasteiger partial charge in [-0.25, -0.2) is 0 Å². The molecule has 2 rings (SSSR count). The van der Waals surface area contributed by atoms with Gasteiger partial charge in [0.15, 0.2) is 0 Å². The maximum Gasteiger partial charge on any atom is 0.220 e. The van der Waals surface area contributed by atoms with Gasteiger partial charge in [0.2, 0.25) is 5.91 Å². The van der Waals surface area contributed by atoms with Crippen molar-refractivity contribution in [2.75, 3.05) is 26.2 Å². The van der Waals surface area contributed by atoms with Gasteiger partial charge in [0.1, 0.15) is 0 Å². The lowest BCUT2D eigenvalue weighted by Crippen LogP contribution is -2.32. The molecule has 20 heavy (non-hydrogen) atoms. The molecule has 0 spiro atoms. The van der Waals surface area contributed by atoms with Crippen molar-refractivity contribution in [3.05, 3.63) is 0 Å². The third kappa shape index (κ3) is 6.23. The Balaban J connectivity index is 1.44. The van der Waals surface area contributed by atoms with Crippen LogP contribution in [0.3, 0.4) is 0 Å². The maximum absolute atomic E-state index is 11.8. The van der Waals surface area contributed by atoms with E-state index in [1.54, 1.807) is 0 Å². The first-order chi connectivity index (χ1) is 9.84. The highest BCUT2D eigenvalue weighted by Gasteiger charge is 2.16. The summed E-state index contributed by atoms with van der Waals surface area (Å²) in [6.07, 6.45) is 10.8. The predicted octanol–water partition coefficient (Wildman–Crippen LogP) is 2.23. The van der Waals surface area contributed by atoms with Crippen molar-refractivity contribution in [3.63, 3.8) is 0 Å². The number of nitrogens with one attached hydrogen (secondary N) is 2. The van der Waals surface area contributed by atoms with E-state index < -0.39 is 0 Å². The molecule has 1 aliphatic heterocycles. The first kappa shape index (κ1) is 15.8. The Bertz CT molecular complexity index is 272. The molecule has 4 nitrogen and oxygen atoms in total. The van der Waals surface area contributed by atoms with E-state index in [0.29, 0.717) is 18.4 Å². The average Bonchev–Trinajstić information content (AvgIpc) is 2.49. The Labute approximate surface area is 123 Å². The van der Waals surface area contributed by atoms with E-state index >= 15 is 0 Å². The molecule has 2 aliphatic rings. The third-order valence-corrected chi connectivity index (χ3v) is 4.48. The molecule has 0 atom stereocenters. The van der Waals surface area contributed by atoms with Gasteiger partial charge in [0, 0.05) is 19.6 Å². The van der Waals surface area contributed by atoms with Gasteiger partial charge in [0.25, 0.3) is 0 Å². The average molecular weight is 282 g/mol. The second kappa shape index (κ2) is 9.35. The van der Waals surface area contributed by atoms with Gasteiger partial charge < -0.3 is 15.4 Å². The van der Waals surface area contributed by atoms with E-state index in [4.69, 9.17) is 4.74 Å². The summed E-state index contributed by atoms with van der Waals surface area (Å²) in [5.74, 6) is 0.796. The molecule has 2 fully saturated rings. The quantitative estimate of drug-likeness (QED) is 0.704. The van der Waals surface area contributed by atoms with Crippen molar-refractivity contribution in [1.82, 2.24) is 10.6 Å². The molecule has 0 unspecified atom stereocenters. The molecule has 2 N–H and O–H groups in total. The van der Waals surface area contributed by atoms with Crippen molar-refractivity contribution in [2.24, 2.45) is 5.92 Å². The van der Waals surface area contributed by atoms with Gasteiger partial charge in [0.05, 0.1) is 6.10 Å². The Morgan fingerprint density at radius 3 is 2.60 bits per heavy atom. The van der Waals surface area contributed by atoms with Crippen LogP contribution in [0.15, 0.2) is 0 Å². The largest absolute Gasteiger partial charge is 0.378 e. The van der Waals surface area contributed by atoms with Gasteiger partial charge in [-0.15, -0.1) is 0 Å². The van der Waals surface area contributed by atoms with Crippen LogP contribution in [0.2, 0.25) is 0 Å². The zero-order valence-corrected chi connectivity index (χ0v) is 12.7. The minimum Gasteiger partial charge on any atom is -0.378 e. The fraction of sp³-hybridized carbons (Fsp3) is 0.938. The van der Waals surface area contributed by atoms with Gasteiger partial charge in [-0.3, -0.25) is 4.79 Å². The van der Waals surface area contributed by atoms with Crippen molar-refractivity contribution in [3.8, 4) is 0 Å². The van der Waals surface area contributed by atoms with Gasteiger partial charge >= 0.3 is 0 Å². The summed E-state index contributed by atoms with van der Waals surface area (Å²) in [4.78, 5) is 11.8. The lowest BCUT2D eigenvalue weighted by atomic mass is 9.94. The first-order valence-electron chi connectivity index (χ1n) is 8.43. The molecular formula is C16H30N2O2. The molecule has 4 heteroatoms. The number of amides is 1. The molecule has 1 saturated heterocycles. The molecule has 1 saturated carbocycles. The van der Waals surface area contributed by atoms with E-state index in [-0.39, 0.29) is 5.91 Å². The summed E-state index contributed by atoms with van der Waals surface area (Å²) in [5, 5.41) is 6.36. The van der Waals surface area contributed by atoms with E-state index in [1.807, 2.05) is 0 Å². The van der Waals surface area contributed by atoms with Crippen LogP contribution in [0.25, 0.3) is 0 Å². The van der Waals surface area contributed by atoms with Crippen molar-refractivity contribution in [1.29, 1.82) is 0 Å². The molecular weight excluding hydrogens is 252 g/mol. The van der Waals surface area contributed by atoms with Crippen LogP contribution in [-0.2, 0) is 9.53 Å². The summed E-state index contributed by atoms with van der Waals surface area (Å²) < 4.78 is 5.86. The van der Waals surface area contributed by atoms with Gasteiger partial charge in [-0.2, -0.15) is 0 Å². The molecule has 116 valence electrons. The summed E-state index contributed by atoms with van der Waals surface area (Å²) in [7, 11) is 0. The zero-order chi connectivity index (χ0) is 14.0. The first-order valence-corrected chi connectivity index (χ1v) is 8.43. The van der Waals surface area contributed by atoms with Crippen LogP contribution in [0.5, 0.6) is 0 Å². The summed E-state index contributed by atoms with van der Waals surface area (Å²) in [6.45, 7) is 3.68.